The highest BCUT2D eigenvalue weighted by atomic mass is 35.5. The normalized spacial score (nSPS) is 11.6. The molecule has 40 heavy (non-hydrogen) atoms. The van der Waals surface area contributed by atoms with E-state index in [1.54, 1.807) is 31.0 Å². The maximum absolute atomic E-state index is 10.6. The highest BCUT2D eigenvalue weighted by Crippen LogP contribution is 2.44. The van der Waals surface area contributed by atoms with Gasteiger partial charge in [0.25, 0.3) is 0 Å². The van der Waals surface area contributed by atoms with Gasteiger partial charge in [-0.1, -0.05) is 23.2 Å². The number of anilines is 2. The Hall–Kier alpha value is -4.44. The molecule has 0 unspecified atom stereocenters. The SMILES string of the molecule is Clc1cncc(Cl)c1-c1nc2c([nH]1)-c1ccncc1Nc1ncccc1-2.O=C(O)C(F)(F)F.O=C(O)C(F)(F)F. The van der Waals surface area contributed by atoms with Gasteiger partial charge in [-0.2, -0.15) is 26.3 Å². The number of halogens is 8. The number of carbonyl (C=O) groups is 2. The Morgan fingerprint density at radius 2 is 1.40 bits per heavy atom. The molecule has 0 amide bonds. The van der Waals surface area contributed by atoms with Crippen molar-refractivity contribution in [3.8, 4) is 33.9 Å². The highest BCUT2D eigenvalue weighted by Gasteiger charge is 2.38. The zero-order valence-electron chi connectivity index (χ0n) is 19.1. The van der Waals surface area contributed by atoms with E-state index in [0.29, 0.717) is 27.3 Å². The fourth-order valence-electron chi connectivity index (χ4n) is 3.05. The molecule has 0 atom stereocenters. The topological polar surface area (TPSA) is 154 Å². The van der Waals surface area contributed by atoms with Crippen LogP contribution >= 0.6 is 23.2 Å². The number of fused-ring (bicyclic) bond motifs is 5. The van der Waals surface area contributed by atoms with E-state index >= 15 is 0 Å². The van der Waals surface area contributed by atoms with Crippen LogP contribution in [0.2, 0.25) is 10.0 Å². The van der Waals surface area contributed by atoms with Crippen LogP contribution in [0.5, 0.6) is 0 Å². The summed E-state index contributed by atoms with van der Waals surface area (Å²) in [4.78, 5) is 38.6. The zero-order chi connectivity index (χ0) is 29.8. The first-order chi connectivity index (χ1) is 18.6. The van der Waals surface area contributed by atoms with E-state index < -0.39 is 24.3 Å². The third-order valence-corrected chi connectivity index (χ3v) is 5.26. The summed E-state index contributed by atoms with van der Waals surface area (Å²) in [6.07, 6.45) is -1.84. The number of nitrogens with zero attached hydrogens (tertiary/aromatic N) is 4. The van der Waals surface area contributed by atoms with Crippen molar-refractivity contribution in [1.82, 2.24) is 24.9 Å². The Morgan fingerprint density at radius 3 is 1.95 bits per heavy atom. The van der Waals surface area contributed by atoms with E-state index in [4.69, 9.17) is 48.0 Å². The number of imidazole rings is 1. The van der Waals surface area contributed by atoms with Crippen molar-refractivity contribution >= 4 is 46.6 Å². The number of alkyl halides is 6. The van der Waals surface area contributed by atoms with Crippen LogP contribution in [0.1, 0.15) is 0 Å². The first-order valence-corrected chi connectivity index (χ1v) is 11.0. The molecule has 0 spiro atoms. The summed E-state index contributed by atoms with van der Waals surface area (Å²) < 4.78 is 63.5. The third kappa shape index (κ3) is 6.95. The fourth-order valence-corrected chi connectivity index (χ4v) is 3.60. The van der Waals surface area contributed by atoms with Crippen LogP contribution in [0, 0.1) is 0 Å². The summed E-state index contributed by atoms with van der Waals surface area (Å²) in [5.41, 5.74) is 4.89. The Balaban J connectivity index is 0.000000263. The molecule has 0 aromatic carbocycles. The number of aromatic amines is 1. The number of pyridine rings is 3. The van der Waals surface area contributed by atoms with Crippen molar-refractivity contribution in [2.45, 2.75) is 12.4 Å². The zero-order valence-corrected chi connectivity index (χ0v) is 20.7. The molecule has 0 bridgehead atoms. The van der Waals surface area contributed by atoms with Crippen molar-refractivity contribution in [3.05, 3.63) is 59.2 Å². The van der Waals surface area contributed by atoms with E-state index in [2.05, 4.69) is 25.3 Å². The van der Waals surface area contributed by atoms with Crippen molar-refractivity contribution in [1.29, 1.82) is 0 Å². The largest absolute Gasteiger partial charge is 0.490 e. The van der Waals surface area contributed by atoms with E-state index in [1.807, 2.05) is 18.2 Å². The van der Waals surface area contributed by atoms with Gasteiger partial charge in [0.05, 0.1) is 33.2 Å². The number of nitrogens with one attached hydrogen (secondary N) is 2. The fraction of sp³-hybridized carbons (Fsp3) is 0.0909. The van der Waals surface area contributed by atoms with Crippen molar-refractivity contribution in [3.63, 3.8) is 0 Å². The molecule has 0 saturated heterocycles. The quantitative estimate of drug-likeness (QED) is 0.162. The van der Waals surface area contributed by atoms with Gasteiger partial charge in [0.1, 0.15) is 17.3 Å². The van der Waals surface area contributed by atoms with Crippen LogP contribution < -0.4 is 5.32 Å². The molecular weight excluding hydrogens is 597 g/mol. The Bertz CT molecular complexity index is 1450. The summed E-state index contributed by atoms with van der Waals surface area (Å²) >= 11 is 12.6. The minimum atomic E-state index is -5.08. The van der Waals surface area contributed by atoms with E-state index in [9.17, 15) is 26.3 Å². The summed E-state index contributed by atoms with van der Waals surface area (Å²) in [6.45, 7) is 0. The van der Waals surface area contributed by atoms with Crippen LogP contribution in [-0.2, 0) is 9.59 Å². The predicted molar refractivity (Wildman–Crippen MR) is 129 cm³/mol. The van der Waals surface area contributed by atoms with Gasteiger partial charge >= 0.3 is 24.3 Å². The number of carboxylic acids is 2. The molecule has 1 aliphatic heterocycles. The van der Waals surface area contributed by atoms with E-state index in [0.717, 1.165) is 28.2 Å². The first-order valence-electron chi connectivity index (χ1n) is 10.3. The number of hydrogen-bond acceptors (Lipinski definition) is 7. The lowest BCUT2D eigenvalue weighted by Gasteiger charge is -2.08. The summed E-state index contributed by atoms with van der Waals surface area (Å²) in [5, 5.41) is 18.4. The Labute approximate surface area is 228 Å². The van der Waals surface area contributed by atoms with E-state index in [-0.39, 0.29) is 0 Å². The molecule has 4 aromatic rings. The molecule has 5 heterocycles. The van der Waals surface area contributed by atoms with Crippen LogP contribution in [0.15, 0.2) is 49.2 Å². The average Bonchev–Trinajstić information content (AvgIpc) is 3.23. The average molecular weight is 609 g/mol. The van der Waals surface area contributed by atoms with Crippen molar-refractivity contribution in [2.24, 2.45) is 0 Å². The van der Waals surface area contributed by atoms with Crippen molar-refractivity contribution in [2.75, 3.05) is 5.32 Å². The minimum absolute atomic E-state index is 0.431. The number of aliphatic carboxylic acids is 2. The van der Waals surface area contributed by atoms with E-state index in [1.165, 1.54) is 0 Å². The molecule has 5 rings (SSSR count). The summed E-state index contributed by atoms with van der Waals surface area (Å²) in [5.74, 6) is -4.22. The predicted octanol–water partition coefficient (Wildman–Crippen LogP) is 6.23. The maximum atomic E-state index is 10.6. The maximum Gasteiger partial charge on any atom is 0.490 e. The summed E-state index contributed by atoms with van der Waals surface area (Å²) in [6, 6.07) is 5.76. The van der Waals surface area contributed by atoms with Gasteiger partial charge < -0.3 is 20.5 Å². The molecular formula is C22H12Cl2F6N6O4. The molecule has 0 saturated carbocycles. The standard InChI is InChI=1S/C18H10Cl2N6.2C2HF3O2/c19-11-6-22-7-12(20)14(11)18-25-15-9-3-5-21-8-13(9)24-17-10(16(15)26-18)2-1-4-23-17;2*3-2(4,5)1(6)7/h1-8H,(H,23,24)(H,25,26);2*(H,6,7). The van der Waals surface area contributed by atoms with Crippen molar-refractivity contribution < 1.29 is 46.1 Å². The number of hydrogen-bond donors (Lipinski definition) is 4. The van der Waals surface area contributed by atoms with Gasteiger partial charge in [0, 0.05) is 35.9 Å². The molecule has 0 fully saturated rings. The molecule has 0 radical (unpaired) electrons. The van der Waals surface area contributed by atoms with Crippen LogP contribution in [0.25, 0.3) is 33.9 Å². The Kier molecular flexibility index (Phi) is 8.84. The molecule has 4 aromatic heterocycles. The molecule has 0 aliphatic carbocycles. The second-order valence-corrected chi connectivity index (χ2v) is 8.15. The Morgan fingerprint density at radius 1 is 0.825 bits per heavy atom. The highest BCUT2D eigenvalue weighted by molar-refractivity contribution is 6.38. The summed E-state index contributed by atoms with van der Waals surface area (Å²) in [7, 11) is 0. The lowest BCUT2D eigenvalue weighted by molar-refractivity contribution is -0.193. The third-order valence-electron chi connectivity index (χ3n) is 4.69. The number of rotatable bonds is 1. The second-order valence-electron chi connectivity index (χ2n) is 7.34. The smallest absolute Gasteiger partial charge is 0.475 e. The number of H-pyrrole nitrogens is 1. The number of aromatic nitrogens is 5. The number of carboxylic acid groups (broad SMARTS) is 2. The van der Waals surface area contributed by atoms with Crippen LogP contribution in [0.3, 0.4) is 0 Å². The molecule has 1 aliphatic rings. The minimum Gasteiger partial charge on any atom is -0.475 e. The van der Waals surface area contributed by atoms with Gasteiger partial charge in [-0.05, 0) is 18.2 Å². The first kappa shape index (κ1) is 30.1. The van der Waals surface area contributed by atoms with Gasteiger partial charge in [-0.3, -0.25) is 9.97 Å². The lowest BCUT2D eigenvalue weighted by Crippen LogP contribution is -2.21. The second kappa shape index (κ2) is 11.7. The van der Waals surface area contributed by atoms with Gasteiger partial charge in [0.2, 0.25) is 0 Å². The van der Waals surface area contributed by atoms with Gasteiger partial charge in [-0.15, -0.1) is 0 Å². The van der Waals surface area contributed by atoms with Crippen LogP contribution in [0.4, 0.5) is 37.8 Å². The molecule has 18 heteroatoms. The van der Waals surface area contributed by atoms with Gasteiger partial charge in [-0.25, -0.2) is 19.6 Å². The molecule has 10 nitrogen and oxygen atoms in total. The lowest BCUT2D eigenvalue weighted by atomic mass is 10.1. The molecule has 4 N–H and O–H groups in total. The monoisotopic (exact) mass is 608 g/mol. The molecule has 210 valence electrons. The van der Waals surface area contributed by atoms with Gasteiger partial charge in [0.15, 0.2) is 0 Å². The van der Waals surface area contributed by atoms with Crippen LogP contribution in [-0.4, -0.2) is 59.4 Å².